The molecule has 0 amide bonds. The second-order valence-electron chi connectivity index (χ2n) is 8.26. The van der Waals surface area contributed by atoms with Crippen molar-refractivity contribution in [1.29, 1.82) is 0 Å². The molecule has 0 aliphatic carbocycles. The van der Waals surface area contributed by atoms with Gasteiger partial charge in [-0.15, -0.1) is 0 Å². The minimum Gasteiger partial charge on any atom is -0.372 e. The fourth-order valence-electron chi connectivity index (χ4n) is 4.12. The lowest BCUT2D eigenvalue weighted by Crippen LogP contribution is -2.26. The molecular weight excluding hydrogens is 404 g/mol. The first-order valence-electron chi connectivity index (χ1n) is 11.4. The highest BCUT2D eigenvalue weighted by atomic mass is 19.1. The maximum absolute atomic E-state index is 13.9. The van der Waals surface area contributed by atoms with Crippen molar-refractivity contribution >= 4 is 0 Å². The van der Waals surface area contributed by atoms with Crippen LogP contribution in [0.1, 0.15) is 46.8 Å². The van der Waals surface area contributed by atoms with Gasteiger partial charge in [0.1, 0.15) is 11.6 Å². The molecule has 2 nitrogen and oxygen atoms in total. The van der Waals surface area contributed by atoms with Crippen LogP contribution in [0.2, 0.25) is 0 Å². The molecule has 0 saturated carbocycles. The van der Waals surface area contributed by atoms with E-state index in [4.69, 9.17) is 4.74 Å². The van der Waals surface area contributed by atoms with E-state index in [1.807, 2.05) is 6.07 Å². The fraction of sp³-hybridized carbons (Fsp3) is 0.357. The van der Waals surface area contributed by atoms with Gasteiger partial charge in [0.2, 0.25) is 0 Å². The largest absolute Gasteiger partial charge is 0.372 e. The molecule has 32 heavy (non-hydrogen) atoms. The van der Waals surface area contributed by atoms with Gasteiger partial charge in [-0.25, -0.2) is 8.78 Å². The van der Waals surface area contributed by atoms with Crippen LogP contribution >= 0.6 is 0 Å². The third kappa shape index (κ3) is 6.98. The van der Waals surface area contributed by atoms with Gasteiger partial charge in [-0.1, -0.05) is 54.6 Å². The van der Waals surface area contributed by atoms with Gasteiger partial charge in [0.25, 0.3) is 0 Å². The van der Waals surface area contributed by atoms with Gasteiger partial charge in [-0.05, 0) is 80.5 Å². The maximum Gasteiger partial charge on any atom is 0.129 e. The molecule has 0 saturated heterocycles. The van der Waals surface area contributed by atoms with Crippen molar-refractivity contribution < 1.29 is 13.5 Å². The number of halogens is 2. The smallest absolute Gasteiger partial charge is 0.129 e. The van der Waals surface area contributed by atoms with E-state index in [0.29, 0.717) is 26.0 Å². The number of hydrogen-bond acceptors (Lipinski definition) is 2. The van der Waals surface area contributed by atoms with Crippen LogP contribution in [-0.4, -0.2) is 19.7 Å². The van der Waals surface area contributed by atoms with Gasteiger partial charge in [-0.2, -0.15) is 0 Å². The van der Waals surface area contributed by atoms with E-state index in [9.17, 15) is 8.78 Å². The Kier molecular flexibility index (Phi) is 9.39. The summed E-state index contributed by atoms with van der Waals surface area (Å²) >= 11 is 0. The van der Waals surface area contributed by atoms with E-state index in [-0.39, 0.29) is 11.7 Å². The van der Waals surface area contributed by atoms with Crippen LogP contribution in [0.5, 0.6) is 0 Å². The molecule has 3 aromatic carbocycles. The molecule has 0 aliphatic heterocycles. The number of aryl methyl sites for hydroxylation is 3. The van der Waals surface area contributed by atoms with E-state index in [1.54, 1.807) is 0 Å². The Bertz CT molecular complexity index is 934. The van der Waals surface area contributed by atoms with Crippen LogP contribution in [0.25, 0.3) is 0 Å². The van der Waals surface area contributed by atoms with Gasteiger partial charge in [-0.3, -0.25) is 0 Å². The number of benzene rings is 3. The lowest BCUT2D eigenvalue weighted by molar-refractivity contribution is 0.0502. The summed E-state index contributed by atoms with van der Waals surface area (Å²) in [6.45, 7) is 6.25. The average Bonchev–Trinajstić information content (AvgIpc) is 2.78. The summed E-state index contributed by atoms with van der Waals surface area (Å²) in [7, 11) is 0. The number of ether oxygens (including phenoxy) is 1. The van der Waals surface area contributed by atoms with Crippen molar-refractivity contribution in [3.63, 3.8) is 0 Å². The monoisotopic (exact) mass is 437 g/mol. The van der Waals surface area contributed by atoms with Crippen LogP contribution in [-0.2, 0) is 17.6 Å². The zero-order valence-corrected chi connectivity index (χ0v) is 19.0. The first kappa shape index (κ1) is 24.1. The molecule has 1 unspecified atom stereocenters. The highest BCUT2D eigenvalue weighted by Gasteiger charge is 2.17. The molecule has 0 aliphatic rings. The van der Waals surface area contributed by atoms with Crippen molar-refractivity contribution in [3.05, 3.63) is 106 Å². The molecular formula is C28H33F2NO. The normalized spacial score (nSPS) is 12.1. The molecule has 170 valence electrons. The van der Waals surface area contributed by atoms with Crippen molar-refractivity contribution in [2.75, 3.05) is 19.7 Å². The van der Waals surface area contributed by atoms with Crippen LogP contribution < -0.4 is 5.32 Å². The molecule has 0 spiro atoms. The van der Waals surface area contributed by atoms with E-state index in [2.05, 4.69) is 61.6 Å². The third-order valence-corrected chi connectivity index (χ3v) is 5.81. The van der Waals surface area contributed by atoms with E-state index in [1.165, 1.54) is 40.5 Å². The molecule has 0 radical (unpaired) electrons. The van der Waals surface area contributed by atoms with E-state index in [0.717, 1.165) is 19.4 Å². The predicted octanol–water partition coefficient (Wildman–Crippen LogP) is 6.49. The summed E-state index contributed by atoms with van der Waals surface area (Å²) in [5, 5.41) is 3.54. The average molecular weight is 438 g/mol. The van der Waals surface area contributed by atoms with Crippen LogP contribution in [0.4, 0.5) is 8.78 Å². The standard InChI is InChI=1S/C28H33F2NO/c1-21-10-6-11-22(2)28(21)27(20-31-18-8-14-23-12-4-3-5-13-23)32-19-9-15-24-25(29)16-7-17-26(24)30/h3-7,10-13,16-17,27,31H,8-9,14-15,18-20H2,1-2H3. The Hall–Kier alpha value is -2.56. The summed E-state index contributed by atoms with van der Waals surface area (Å²) in [5.74, 6) is -0.979. The Morgan fingerprint density at radius 2 is 1.44 bits per heavy atom. The Balaban J connectivity index is 1.54. The zero-order chi connectivity index (χ0) is 22.8. The second-order valence-corrected chi connectivity index (χ2v) is 8.26. The first-order chi connectivity index (χ1) is 15.6. The predicted molar refractivity (Wildman–Crippen MR) is 127 cm³/mol. The SMILES string of the molecule is Cc1cccc(C)c1C(CNCCCc1ccccc1)OCCCc1c(F)cccc1F. The van der Waals surface area contributed by atoms with Crippen molar-refractivity contribution in [3.8, 4) is 0 Å². The zero-order valence-electron chi connectivity index (χ0n) is 19.0. The van der Waals surface area contributed by atoms with E-state index < -0.39 is 11.6 Å². The Labute approximate surface area is 190 Å². The third-order valence-electron chi connectivity index (χ3n) is 5.81. The van der Waals surface area contributed by atoms with Crippen molar-refractivity contribution in [2.24, 2.45) is 0 Å². The molecule has 3 rings (SSSR count). The van der Waals surface area contributed by atoms with Crippen molar-refractivity contribution in [2.45, 2.75) is 45.6 Å². The summed E-state index contributed by atoms with van der Waals surface area (Å²) in [6, 6.07) is 20.7. The molecule has 1 atom stereocenters. The van der Waals surface area contributed by atoms with Gasteiger partial charge in [0.15, 0.2) is 0 Å². The quantitative estimate of drug-likeness (QED) is 0.327. The minimum atomic E-state index is -0.489. The number of rotatable bonds is 12. The number of hydrogen-bond donors (Lipinski definition) is 1. The summed E-state index contributed by atoms with van der Waals surface area (Å²) < 4.78 is 34.0. The maximum atomic E-state index is 13.9. The molecule has 3 aromatic rings. The molecule has 1 N–H and O–H groups in total. The molecule has 0 heterocycles. The molecule has 0 aromatic heterocycles. The molecule has 4 heteroatoms. The summed E-state index contributed by atoms with van der Waals surface area (Å²) in [5.41, 5.74) is 5.07. The highest BCUT2D eigenvalue weighted by molar-refractivity contribution is 5.35. The van der Waals surface area contributed by atoms with Crippen molar-refractivity contribution in [1.82, 2.24) is 5.32 Å². The van der Waals surface area contributed by atoms with Gasteiger partial charge in [0, 0.05) is 18.7 Å². The highest BCUT2D eigenvalue weighted by Crippen LogP contribution is 2.25. The van der Waals surface area contributed by atoms with Crippen LogP contribution in [0.15, 0.2) is 66.7 Å². The lowest BCUT2D eigenvalue weighted by Gasteiger charge is -2.23. The summed E-state index contributed by atoms with van der Waals surface area (Å²) in [4.78, 5) is 0. The van der Waals surface area contributed by atoms with Crippen LogP contribution in [0, 0.1) is 25.5 Å². The Morgan fingerprint density at radius 3 is 2.12 bits per heavy atom. The van der Waals surface area contributed by atoms with Gasteiger partial charge in [0.05, 0.1) is 6.10 Å². The van der Waals surface area contributed by atoms with E-state index >= 15 is 0 Å². The topological polar surface area (TPSA) is 21.3 Å². The van der Waals surface area contributed by atoms with Gasteiger partial charge < -0.3 is 10.1 Å². The molecule has 0 bridgehead atoms. The molecule has 0 fully saturated rings. The fourth-order valence-corrected chi connectivity index (χ4v) is 4.12. The summed E-state index contributed by atoms with van der Waals surface area (Å²) in [6.07, 6.45) is 2.88. The Morgan fingerprint density at radius 1 is 0.781 bits per heavy atom. The van der Waals surface area contributed by atoms with Crippen LogP contribution in [0.3, 0.4) is 0 Å². The second kappa shape index (κ2) is 12.5. The van der Waals surface area contributed by atoms with Gasteiger partial charge >= 0.3 is 0 Å². The minimum absolute atomic E-state index is 0.0987. The first-order valence-corrected chi connectivity index (χ1v) is 11.4. The lowest BCUT2D eigenvalue weighted by atomic mass is 9.97. The number of nitrogens with one attached hydrogen (secondary N) is 1.